The van der Waals surface area contributed by atoms with Gasteiger partial charge in [0.25, 0.3) is 0 Å². The molecule has 5 nitrogen and oxygen atoms in total. The molecule has 0 N–H and O–H groups in total. The monoisotopic (exact) mass is 349 g/mol. The van der Waals surface area contributed by atoms with Gasteiger partial charge in [0.2, 0.25) is 0 Å². The van der Waals surface area contributed by atoms with Crippen LogP contribution in [0.4, 0.5) is 0 Å². The van der Waals surface area contributed by atoms with Gasteiger partial charge in [0.15, 0.2) is 5.82 Å². The lowest BCUT2D eigenvalue weighted by Gasteiger charge is -2.18. The molecule has 0 atom stereocenters. The first-order valence-electron chi connectivity index (χ1n) is 8.46. The predicted molar refractivity (Wildman–Crippen MR) is 103 cm³/mol. The summed E-state index contributed by atoms with van der Waals surface area (Å²) in [5.41, 5.74) is 3.27. The molecule has 5 heteroatoms. The summed E-state index contributed by atoms with van der Waals surface area (Å²) in [7, 11) is 3.30. The molecular formula is C21H23N3O2. The third-order valence-electron chi connectivity index (χ3n) is 4.08. The van der Waals surface area contributed by atoms with Gasteiger partial charge in [-0.1, -0.05) is 20.8 Å². The van der Waals surface area contributed by atoms with Gasteiger partial charge in [0.05, 0.1) is 14.2 Å². The van der Waals surface area contributed by atoms with Crippen LogP contribution in [0.25, 0.3) is 22.5 Å². The van der Waals surface area contributed by atoms with Crippen LogP contribution in [0.2, 0.25) is 0 Å². The molecule has 0 aliphatic heterocycles. The summed E-state index contributed by atoms with van der Waals surface area (Å²) < 4.78 is 10.5. The quantitative estimate of drug-likeness (QED) is 0.693. The van der Waals surface area contributed by atoms with Gasteiger partial charge in [-0.05, 0) is 48.5 Å². The van der Waals surface area contributed by atoms with Gasteiger partial charge in [0.1, 0.15) is 22.9 Å². The number of ether oxygens (including phenoxy) is 2. The second kappa shape index (κ2) is 7.12. The maximum absolute atomic E-state index is 5.26. The van der Waals surface area contributed by atoms with Crippen LogP contribution in [0.3, 0.4) is 0 Å². The molecular weight excluding hydrogens is 326 g/mol. The van der Waals surface area contributed by atoms with Gasteiger partial charge in [0, 0.05) is 16.5 Å². The summed E-state index contributed by atoms with van der Waals surface area (Å²) >= 11 is 0. The van der Waals surface area contributed by atoms with Gasteiger partial charge in [-0.25, -0.2) is 4.98 Å². The van der Waals surface area contributed by atoms with Crippen LogP contribution >= 0.6 is 0 Å². The van der Waals surface area contributed by atoms with Crippen molar-refractivity contribution in [3.8, 4) is 34.0 Å². The van der Waals surface area contributed by atoms with Gasteiger partial charge in [-0.15, -0.1) is 10.2 Å². The molecule has 1 heterocycles. The molecule has 134 valence electrons. The van der Waals surface area contributed by atoms with Gasteiger partial charge in [-0.2, -0.15) is 0 Å². The minimum atomic E-state index is -0.188. The lowest BCUT2D eigenvalue weighted by Crippen LogP contribution is -2.18. The highest BCUT2D eigenvalue weighted by atomic mass is 16.5. The third-order valence-corrected chi connectivity index (χ3v) is 4.08. The van der Waals surface area contributed by atoms with E-state index in [0.29, 0.717) is 5.82 Å². The van der Waals surface area contributed by atoms with Crippen LogP contribution in [0, 0.1) is 0 Å². The summed E-state index contributed by atoms with van der Waals surface area (Å²) in [5.74, 6) is 2.31. The summed E-state index contributed by atoms with van der Waals surface area (Å²) in [6.45, 7) is 6.23. The Morgan fingerprint density at radius 3 is 1.54 bits per heavy atom. The first-order chi connectivity index (χ1) is 12.4. The standard InChI is InChI=1S/C21H23N3O2/c1-21(2,3)20-22-18(14-6-10-16(25-4)11-7-14)19(23-24-20)15-8-12-17(26-5)13-9-15/h6-13H,1-5H3. The van der Waals surface area contributed by atoms with E-state index in [9.17, 15) is 0 Å². The zero-order chi connectivity index (χ0) is 18.7. The maximum atomic E-state index is 5.26. The summed E-state index contributed by atoms with van der Waals surface area (Å²) in [6, 6.07) is 15.6. The SMILES string of the molecule is COc1ccc(-c2nnc(C(C)(C)C)nc2-c2ccc(OC)cc2)cc1. The predicted octanol–water partition coefficient (Wildman–Crippen LogP) is 4.52. The number of nitrogens with zero attached hydrogens (tertiary/aromatic N) is 3. The minimum absolute atomic E-state index is 0.188. The smallest absolute Gasteiger partial charge is 0.156 e. The Labute approximate surface area is 154 Å². The van der Waals surface area contributed by atoms with E-state index in [1.165, 1.54) is 0 Å². The van der Waals surface area contributed by atoms with Crippen molar-refractivity contribution in [2.24, 2.45) is 0 Å². The first kappa shape index (κ1) is 17.9. The van der Waals surface area contributed by atoms with Crippen LogP contribution in [0.15, 0.2) is 48.5 Å². The summed E-state index contributed by atoms with van der Waals surface area (Å²) in [4.78, 5) is 4.84. The highest BCUT2D eigenvalue weighted by molar-refractivity contribution is 5.78. The molecule has 0 unspecified atom stereocenters. The van der Waals surface area contributed by atoms with Crippen molar-refractivity contribution in [2.75, 3.05) is 14.2 Å². The number of aromatic nitrogens is 3. The van der Waals surface area contributed by atoms with Crippen molar-refractivity contribution in [3.05, 3.63) is 54.4 Å². The Kier molecular flexibility index (Phi) is 4.89. The molecule has 26 heavy (non-hydrogen) atoms. The van der Waals surface area contributed by atoms with E-state index >= 15 is 0 Å². The Morgan fingerprint density at radius 1 is 0.654 bits per heavy atom. The van der Waals surface area contributed by atoms with E-state index in [2.05, 4.69) is 31.0 Å². The molecule has 0 aliphatic carbocycles. The molecule has 0 aliphatic rings. The molecule has 0 amide bonds. The van der Waals surface area contributed by atoms with E-state index in [1.807, 2.05) is 48.5 Å². The van der Waals surface area contributed by atoms with E-state index in [1.54, 1.807) is 14.2 Å². The Bertz CT molecular complexity index is 883. The molecule has 3 aromatic rings. The molecule has 0 fully saturated rings. The number of hydrogen-bond donors (Lipinski definition) is 0. The number of benzene rings is 2. The van der Waals surface area contributed by atoms with Crippen LogP contribution in [-0.2, 0) is 5.41 Å². The molecule has 1 aromatic heterocycles. The van der Waals surface area contributed by atoms with Crippen molar-refractivity contribution < 1.29 is 9.47 Å². The van der Waals surface area contributed by atoms with E-state index in [4.69, 9.17) is 14.5 Å². The Balaban J connectivity index is 2.15. The van der Waals surface area contributed by atoms with Crippen molar-refractivity contribution >= 4 is 0 Å². The van der Waals surface area contributed by atoms with Crippen molar-refractivity contribution in [3.63, 3.8) is 0 Å². The molecule has 0 spiro atoms. The molecule has 2 aromatic carbocycles. The highest BCUT2D eigenvalue weighted by Crippen LogP contribution is 2.32. The normalized spacial score (nSPS) is 11.3. The fourth-order valence-electron chi connectivity index (χ4n) is 2.54. The van der Waals surface area contributed by atoms with Crippen LogP contribution in [0.1, 0.15) is 26.6 Å². The van der Waals surface area contributed by atoms with Crippen molar-refractivity contribution in [1.82, 2.24) is 15.2 Å². The number of rotatable bonds is 4. The third kappa shape index (κ3) is 3.67. The lowest BCUT2D eigenvalue weighted by molar-refractivity contribution is 0.414. The molecule has 0 bridgehead atoms. The summed E-state index contributed by atoms with van der Waals surface area (Å²) in [6.07, 6.45) is 0. The average molecular weight is 349 g/mol. The highest BCUT2D eigenvalue weighted by Gasteiger charge is 2.21. The van der Waals surface area contributed by atoms with Gasteiger partial charge < -0.3 is 9.47 Å². The largest absolute Gasteiger partial charge is 0.497 e. The van der Waals surface area contributed by atoms with Crippen molar-refractivity contribution in [2.45, 2.75) is 26.2 Å². The maximum Gasteiger partial charge on any atom is 0.156 e. The van der Waals surface area contributed by atoms with E-state index in [0.717, 1.165) is 34.0 Å². The topological polar surface area (TPSA) is 57.1 Å². The minimum Gasteiger partial charge on any atom is -0.497 e. The zero-order valence-corrected chi connectivity index (χ0v) is 15.8. The van der Waals surface area contributed by atoms with Crippen LogP contribution < -0.4 is 9.47 Å². The number of hydrogen-bond acceptors (Lipinski definition) is 5. The van der Waals surface area contributed by atoms with Gasteiger partial charge >= 0.3 is 0 Å². The van der Waals surface area contributed by atoms with Gasteiger partial charge in [-0.3, -0.25) is 0 Å². The fraction of sp³-hybridized carbons (Fsp3) is 0.286. The molecule has 0 saturated carbocycles. The lowest BCUT2D eigenvalue weighted by atomic mass is 9.95. The fourth-order valence-corrected chi connectivity index (χ4v) is 2.54. The van der Waals surface area contributed by atoms with E-state index in [-0.39, 0.29) is 5.41 Å². The Morgan fingerprint density at radius 2 is 1.12 bits per heavy atom. The number of methoxy groups -OCH3 is 2. The second-order valence-corrected chi connectivity index (χ2v) is 7.04. The average Bonchev–Trinajstić information content (AvgIpc) is 2.67. The van der Waals surface area contributed by atoms with Crippen LogP contribution in [0.5, 0.6) is 11.5 Å². The van der Waals surface area contributed by atoms with E-state index < -0.39 is 0 Å². The molecule has 0 radical (unpaired) electrons. The first-order valence-corrected chi connectivity index (χ1v) is 8.46. The Hall–Kier alpha value is -2.95. The summed E-state index contributed by atoms with van der Waals surface area (Å²) in [5, 5.41) is 8.88. The zero-order valence-electron chi connectivity index (χ0n) is 15.8. The second-order valence-electron chi connectivity index (χ2n) is 7.04. The van der Waals surface area contributed by atoms with Crippen molar-refractivity contribution in [1.29, 1.82) is 0 Å². The molecule has 0 saturated heterocycles. The van der Waals surface area contributed by atoms with Crippen LogP contribution in [-0.4, -0.2) is 29.4 Å². The molecule has 3 rings (SSSR count).